The molecular weight excluding hydrogens is 394 g/mol. The first-order chi connectivity index (χ1) is 15.7. The molecule has 0 bridgehead atoms. The highest BCUT2D eigenvalue weighted by Crippen LogP contribution is 2.25. The number of unbranched alkanes of at least 4 members (excludes halogenated alkanes) is 6. The molecule has 0 unspecified atom stereocenters. The molecule has 32 heavy (non-hydrogen) atoms. The van der Waals surface area contributed by atoms with Crippen LogP contribution in [0.3, 0.4) is 0 Å². The fourth-order valence-corrected chi connectivity index (χ4v) is 4.20. The van der Waals surface area contributed by atoms with Crippen molar-refractivity contribution in [3.05, 3.63) is 71.9 Å². The molecule has 1 aromatic heterocycles. The van der Waals surface area contributed by atoms with E-state index in [-0.39, 0.29) is 0 Å². The molecule has 0 atom stereocenters. The third-order valence-corrected chi connectivity index (χ3v) is 6.15. The predicted molar refractivity (Wildman–Crippen MR) is 135 cm³/mol. The molecule has 0 aliphatic rings. The van der Waals surface area contributed by atoms with Crippen molar-refractivity contribution in [1.29, 1.82) is 0 Å². The van der Waals surface area contributed by atoms with E-state index in [0.29, 0.717) is 12.4 Å². The van der Waals surface area contributed by atoms with Gasteiger partial charge in [-0.2, -0.15) is 0 Å². The lowest BCUT2D eigenvalue weighted by molar-refractivity contribution is 0.301. The van der Waals surface area contributed by atoms with Gasteiger partial charge in [-0.25, -0.2) is 0 Å². The molecule has 0 saturated carbocycles. The first-order valence-electron chi connectivity index (χ1n) is 12.3. The number of aryl methyl sites for hydroxylation is 2. The Labute approximate surface area is 194 Å². The molecule has 2 aromatic carbocycles. The summed E-state index contributed by atoms with van der Waals surface area (Å²) in [5.74, 6) is 1.25. The Bertz CT molecular complexity index is 909. The molecule has 0 saturated heterocycles. The Morgan fingerprint density at radius 3 is 2.16 bits per heavy atom. The Kier molecular flexibility index (Phi) is 9.74. The van der Waals surface area contributed by atoms with Gasteiger partial charge in [0.05, 0.1) is 6.61 Å². The molecular formula is C29H39NO2. The lowest BCUT2D eigenvalue weighted by Crippen LogP contribution is -2.07. The second-order valence-electron chi connectivity index (χ2n) is 8.78. The van der Waals surface area contributed by atoms with Crippen molar-refractivity contribution in [3.63, 3.8) is 0 Å². The molecule has 0 aliphatic heterocycles. The summed E-state index contributed by atoms with van der Waals surface area (Å²) in [5, 5.41) is 9.54. The largest absolute Gasteiger partial charge is 0.508 e. The molecule has 3 rings (SSSR count). The smallest absolute Gasteiger partial charge is 0.119 e. The minimum atomic E-state index is 0.297. The van der Waals surface area contributed by atoms with Crippen molar-refractivity contribution in [2.24, 2.45) is 0 Å². The van der Waals surface area contributed by atoms with Crippen molar-refractivity contribution in [3.8, 4) is 22.8 Å². The molecule has 1 N–H and O–H groups in total. The zero-order chi connectivity index (χ0) is 22.6. The molecule has 0 spiro atoms. The molecule has 3 nitrogen and oxygen atoms in total. The Morgan fingerprint density at radius 2 is 1.44 bits per heavy atom. The summed E-state index contributed by atoms with van der Waals surface area (Å²) in [7, 11) is 0. The van der Waals surface area contributed by atoms with Crippen molar-refractivity contribution in [2.45, 2.75) is 78.2 Å². The molecule has 0 aliphatic carbocycles. The second kappa shape index (κ2) is 13.0. The van der Waals surface area contributed by atoms with E-state index < -0.39 is 0 Å². The fourth-order valence-electron chi connectivity index (χ4n) is 4.20. The number of ether oxygens (including phenoxy) is 1. The van der Waals surface area contributed by atoms with Gasteiger partial charge >= 0.3 is 0 Å². The number of aromatic hydroxyl groups is 1. The van der Waals surface area contributed by atoms with Gasteiger partial charge in [-0.1, -0.05) is 57.6 Å². The van der Waals surface area contributed by atoms with Crippen LogP contribution < -0.4 is 4.74 Å². The number of benzene rings is 2. The SMILES string of the molecule is CCCCCCCCCc1ccc(OCCCn2c(C)ccc2-c2ccc(O)cc2)cc1. The zero-order valence-electron chi connectivity index (χ0n) is 19.9. The highest BCUT2D eigenvalue weighted by Gasteiger charge is 2.07. The number of rotatable bonds is 14. The quantitative estimate of drug-likeness (QED) is 0.262. The average molecular weight is 434 g/mol. The normalized spacial score (nSPS) is 11.1. The maximum Gasteiger partial charge on any atom is 0.119 e. The van der Waals surface area contributed by atoms with Crippen molar-refractivity contribution < 1.29 is 9.84 Å². The van der Waals surface area contributed by atoms with Gasteiger partial charge in [0.1, 0.15) is 11.5 Å². The van der Waals surface area contributed by atoms with E-state index in [4.69, 9.17) is 4.74 Å². The molecule has 0 amide bonds. The van der Waals surface area contributed by atoms with Gasteiger partial charge in [-0.15, -0.1) is 0 Å². The van der Waals surface area contributed by atoms with Gasteiger partial charge in [0, 0.05) is 17.9 Å². The number of phenolic OH excluding ortho intramolecular Hbond substituents is 1. The molecule has 3 aromatic rings. The van der Waals surface area contributed by atoms with Crippen molar-refractivity contribution in [1.82, 2.24) is 4.57 Å². The van der Waals surface area contributed by atoms with E-state index >= 15 is 0 Å². The highest BCUT2D eigenvalue weighted by molar-refractivity contribution is 5.61. The summed E-state index contributed by atoms with van der Waals surface area (Å²) in [6, 6.07) is 20.3. The van der Waals surface area contributed by atoms with Crippen molar-refractivity contribution in [2.75, 3.05) is 6.61 Å². The summed E-state index contributed by atoms with van der Waals surface area (Å²) in [5.41, 5.74) is 4.95. The van der Waals surface area contributed by atoms with E-state index in [1.807, 2.05) is 12.1 Å². The number of hydrogen-bond acceptors (Lipinski definition) is 2. The lowest BCUT2D eigenvalue weighted by Gasteiger charge is -2.13. The minimum absolute atomic E-state index is 0.297. The van der Waals surface area contributed by atoms with Crippen molar-refractivity contribution >= 4 is 0 Å². The minimum Gasteiger partial charge on any atom is -0.508 e. The number of nitrogens with zero attached hydrogens (tertiary/aromatic N) is 1. The summed E-state index contributed by atoms with van der Waals surface area (Å²) < 4.78 is 8.32. The van der Waals surface area contributed by atoms with Gasteiger partial charge in [-0.05, 0) is 85.8 Å². The van der Waals surface area contributed by atoms with Crippen LogP contribution in [0.2, 0.25) is 0 Å². The summed E-state index contributed by atoms with van der Waals surface area (Å²) in [6.45, 7) is 6.01. The number of aromatic nitrogens is 1. The van der Waals surface area contributed by atoms with E-state index in [0.717, 1.165) is 24.3 Å². The molecule has 0 radical (unpaired) electrons. The van der Waals surface area contributed by atoms with Crippen LogP contribution in [0.1, 0.15) is 69.5 Å². The van der Waals surface area contributed by atoms with Crippen LogP contribution in [0, 0.1) is 6.92 Å². The monoisotopic (exact) mass is 433 g/mol. The molecule has 1 heterocycles. The summed E-state index contributed by atoms with van der Waals surface area (Å²) in [4.78, 5) is 0. The Balaban J connectivity index is 1.38. The van der Waals surface area contributed by atoms with Gasteiger partial charge in [0.2, 0.25) is 0 Å². The fraction of sp³-hybridized carbons (Fsp3) is 0.448. The average Bonchev–Trinajstić information content (AvgIpc) is 3.18. The lowest BCUT2D eigenvalue weighted by atomic mass is 10.0. The first-order valence-corrected chi connectivity index (χ1v) is 12.3. The van der Waals surface area contributed by atoms with E-state index in [9.17, 15) is 5.11 Å². The Morgan fingerprint density at radius 1 is 0.750 bits per heavy atom. The maximum absolute atomic E-state index is 9.54. The Hall–Kier alpha value is -2.68. The molecule has 0 fully saturated rings. The predicted octanol–water partition coefficient (Wildman–Crippen LogP) is 7.93. The third-order valence-electron chi connectivity index (χ3n) is 6.15. The van der Waals surface area contributed by atoms with Crippen LogP contribution in [0.5, 0.6) is 11.5 Å². The van der Waals surface area contributed by atoms with E-state index in [1.165, 1.54) is 68.3 Å². The van der Waals surface area contributed by atoms with Crippen LogP contribution in [0.4, 0.5) is 0 Å². The van der Waals surface area contributed by atoms with Crippen LogP contribution in [-0.4, -0.2) is 16.3 Å². The van der Waals surface area contributed by atoms with Crippen LogP contribution >= 0.6 is 0 Å². The van der Waals surface area contributed by atoms with E-state index in [1.54, 1.807) is 12.1 Å². The van der Waals surface area contributed by atoms with Crippen LogP contribution in [0.25, 0.3) is 11.3 Å². The van der Waals surface area contributed by atoms with Gasteiger partial charge in [0.25, 0.3) is 0 Å². The number of phenols is 1. The second-order valence-corrected chi connectivity index (χ2v) is 8.78. The topological polar surface area (TPSA) is 34.4 Å². The zero-order valence-corrected chi connectivity index (χ0v) is 19.9. The molecule has 172 valence electrons. The summed E-state index contributed by atoms with van der Waals surface area (Å²) >= 11 is 0. The molecule has 3 heteroatoms. The third kappa shape index (κ3) is 7.47. The maximum atomic E-state index is 9.54. The van der Waals surface area contributed by atoms with Gasteiger partial charge < -0.3 is 14.4 Å². The standard InChI is InChI=1S/C29H39NO2/c1-3-4-5-6-7-8-9-11-25-13-19-28(20-14-25)32-23-10-22-30-24(2)12-21-29(30)26-15-17-27(31)18-16-26/h12-21,31H,3-11,22-23H2,1-2H3. The first kappa shape index (κ1) is 24.0. The summed E-state index contributed by atoms with van der Waals surface area (Å²) in [6.07, 6.45) is 11.6. The van der Waals surface area contributed by atoms with Gasteiger partial charge in [-0.3, -0.25) is 0 Å². The van der Waals surface area contributed by atoms with Crippen LogP contribution in [0.15, 0.2) is 60.7 Å². The van der Waals surface area contributed by atoms with E-state index in [2.05, 4.69) is 54.8 Å². The van der Waals surface area contributed by atoms with Gasteiger partial charge in [0.15, 0.2) is 0 Å². The van der Waals surface area contributed by atoms with Crippen LogP contribution in [-0.2, 0) is 13.0 Å². The number of hydrogen-bond donors (Lipinski definition) is 1. The highest BCUT2D eigenvalue weighted by atomic mass is 16.5.